The topological polar surface area (TPSA) is 47.6 Å². The van der Waals surface area contributed by atoms with E-state index in [0.29, 0.717) is 22.4 Å². The Kier molecular flexibility index (Phi) is 6.08. The van der Waals surface area contributed by atoms with Gasteiger partial charge in [0.1, 0.15) is 11.6 Å². The van der Waals surface area contributed by atoms with Crippen LogP contribution in [-0.4, -0.2) is 19.6 Å². The number of fused-ring (bicyclic) bond motifs is 1. The quantitative estimate of drug-likeness (QED) is 0.615. The maximum Gasteiger partial charge on any atom is 0.262 e. The minimum atomic E-state index is -0.339. The van der Waals surface area contributed by atoms with Gasteiger partial charge >= 0.3 is 0 Å². The third-order valence-electron chi connectivity index (χ3n) is 4.30. The molecule has 3 aromatic rings. The number of carbonyl (C=O) groups excluding carboxylic acids is 1. The summed E-state index contributed by atoms with van der Waals surface area (Å²) in [4.78, 5) is 13.4. The van der Waals surface area contributed by atoms with Gasteiger partial charge in [0.15, 0.2) is 0 Å². The van der Waals surface area contributed by atoms with Crippen LogP contribution in [0.1, 0.15) is 40.7 Å². The largest absolute Gasteiger partial charge is 0.494 e. The number of ether oxygens (including phenoxy) is 2. The normalized spacial score (nSPS) is 12.1. The second kappa shape index (κ2) is 8.50. The van der Waals surface area contributed by atoms with E-state index < -0.39 is 0 Å². The van der Waals surface area contributed by atoms with Crippen molar-refractivity contribution in [1.82, 2.24) is 5.32 Å². The highest BCUT2D eigenvalue weighted by atomic mass is 32.1. The monoisotopic (exact) mass is 387 g/mol. The predicted molar refractivity (Wildman–Crippen MR) is 106 cm³/mol. The van der Waals surface area contributed by atoms with Gasteiger partial charge in [0, 0.05) is 22.8 Å². The zero-order valence-corrected chi connectivity index (χ0v) is 16.4. The summed E-state index contributed by atoms with van der Waals surface area (Å²) < 4.78 is 25.7. The van der Waals surface area contributed by atoms with E-state index in [0.717, 1.165) is 16.0 Å². The van der Waals surface area contributed by atoms with Gasteiger partial charge in [0.25, 0.3) is 5.91 Å². The van der Waals surface area contributed by atoms with Crippen molar-refractivity contribution in [3.8, 4) is 5.75 Å². The molecule has 1 atom stereocenters. The minimum Gasteiger partial charge on any atom is -0.494 e. The fourth-order valence-electron chi connectivity index (χ4n) is 3.00. The lowest BCUT2D eigenvalue weighted by Crippen LogP contribution is -2.26. The smallest absolute Gasteiger partial charge is 0.262 e. The van der Waals surface area contributed by atoms with E-state index in [-0.39, 0.29) is 24.4 Å². The molecule has 0 bridgehead atoms. The van der Waals surface area contributed by atoms with Gasteiger partial charge in [0.05, 0.1) is 24.1 Å². The SMILES string of the molecule is CCOc1ccc(C(C)NC(=O)c2sc3cccc(F)c3c2COC)cc1. The molecule has 0 aliphatic carbocycles. The van der Waals surface area contributed by atoms with Crippen molar-refractivity contribution in [1.29, 1.82) is 0 Å². The average Bonchev–Trinajstić information content (AvgIpc) is 3.03. The van der Waals surface area contributed by atoms with E-state index in [1.54, 1.807) is 6.07 Å². The third-order valence-corrected chi connectivity index (χ3v) is 5.49. The summed E-state index contributed by atoms with van der Waals surface area (Å²) in [7, 11) is 1.54. The molecule has 0 saturated carbocycles. The number of rotatable bonds is 7. The number of hydrogen-bond acceptors (Lipinski definition) is 4. The number of nitrogens with one attached hydrogen (secondary N) is 1. The van der Waals surface area contributed by atoms with Crippen LogP contribution >= 0.6 is 11.3 Å². The molecule has 1 amide bonds. The van der Waals surface area contributed by atoms with Crippen molar-refractivity contribution in [3.05, 3.63) is 64.3 Å². The molecule has 1 aromatic heterocycles. The number of methoxy groups -OCH3 is 1. The Morgan fingerprint density at radius 3 is 2.63 bits per heavy atom. The Morgan fingerprint density at radius 1 is 1.22 bits per heavy atom. The molecule has 0 spiro atoms. The molecular formula is C21H22FNO3S. The van der Waals surface area contributed by atoms with Crippen LogP contribution < -0.4 is 10.1 Å². The Bertz CT molecular complexity index is 936. The molecule has 4 nitrogen and oxygen atoms in total. The van der Waals surface area contributed by atoms with E-state index in [1.165, 1.54) is 24.5 Å². The average molecular weight is 387 g/mol. The number of carbonyl (C=O) groups is 1. The second-order valence-electron chi connectivity index (χ2n) is 6.15. The molecule has 0 radical (unpaired) electrons. The molecule has 0 aliphatic rings. The van der Waals surface area contributed by atoms with Gasteiger partial charge in [0.2, 0.25) is 0 Å². The summed E-state index contributed by atoms with van der Waals surface area (Å²) >= 11 is 1.28. The van der Waals surface area contributed by atoms with Crippen molar-refractivity contribution in [2.45, 2.75) is 26.5 Å². The molecule has 0 aliphatic heterocycles. The van der Waals surface area contributed by atoms with Crippen LogP contribution in [0.4, 0.5) is 4.39 Å². The maximum absolute atomic E-state index is 14.3. The van der Waals surface area contributed by atoms with Crippen LogP contribution in [0.25, 0.3) is 10.1 Å². The lowest BCUT2D eigenvalue weighted by atomic mass is 10.1. The van der Waals surface area contributed by atoms with Crippen LogP contribution in [0.2, 0.25) is 0 Å². The lowest BCUT2D eigenvalue weighted by molar-refractivity contribution is 0.0940. The van der Waals surface area contributed by atoms with Gasteiger partial charge in [-0.3, -0.25) is 4.79 Å². The molecule has 0 saturated heterocycles. The first-order chi connectivity index (χ1) is 13.0. The first kappa shape index (κ1) is 19.3. The van der Waals surface area contributed by atoms with Crippen LogP contribution in [0.5, 0.6) is 5.75 Å². The summed E-state index contributed by atoms with van der Waals surface area (Å²) in [6.07, 6.45) is 0. The fourth-order valence-corrected chi connectivity index (χ4v) is 4.12. The van der Waals surface area contributed by atoms with E-state index in [2.05, 4.69) is 5.32 Å². The minimum absolute atomic E-state index is 0.182. The number of benzene rings is 2. The lowest BCUT2D eigenvalue weighted by Gasteiger charge is -2.15. The van der Waals surface area contributed by atoms with Gasteiger partial charge in [-0.25, -0.2) is 4.39 Å². The van der Waals surface area contributed by atoms with Crippen LogP contribution in [0.3, 0.4) is 0 Å². The Balaban J connectivity index is 1.85. The molecule has 6 heteroatoms. The number of halogens is 1. The summed E-state index contributed by atoms with van der Waals surface area (Å²) in [6.45, 7) is 4.64. The van der Waals surface area contributed by atoms with Crippen molar-refractivity contribution in [2.75, 3.05) is 13.7 Å². The number of hydrogen-bond donors (Lipinski definition) is 1. The van der Waals surface area contributed by atoms with E-state index in [9.17, 15) is 9.18 Å². The molecule has 1 N–H and O–H groups in total. The van der Waals surface area contributed by atoms with E-state index in [4.69, 9.17) is 9.47 Å². The van der Waals surface area contributed by atoms with Crippen LogP contribution in [-0.2, 0) is 11.3 Å². The molecule has 0 fully saturated rings. The van der Waals surface area contributed by atoms with Crippen LogP contribution in [0, 0.1) is 5.82 Å². The second-order valence-corrected chi connectivity index (χ2v) is 7.21. The van der Waals surface area contributed by atoms with Gasteiger partial charge in [-0.15, -0.1) is 11.3 Å². The summed E-state index contributed by atoms with van der Waals surface area (Å²) in [5.74, 6) is 0.223. The predicted octanol–water partition coefficient (Wildman–Crippen LogP) is 5.08. The van der Waals surface area contributed by atoms with Crippen LogP contribution in [0.15, 0.2) is 42.5 Å². The van der Waals surface area contributed by atoms with Crippen molar-refractivity contribution < 1.29 is 18.7 Å². The zero-order chi connectivity index (χ0) is 19.4. The fraction of sp³-hybridized carbons (Fsp3) is 0.286. The van der Waals surface area contributed by atoms with Crippen molar-refractivity contribution in [3.63, 3.8) is 0 Å². The highest BCUT2D eigenvalue weighted by molar-refractivity contribution is 7.21. The number of thiophene rings is 1. The van der Waals surface area contributed by atoms with Gasteiger partial charge in [-0.2, -0.15) is 0 Å². The molecule has 142 valence electrons. The molecule has 27 heavy (non-hydrogen) atoms. The summed E-state index contributed by atoms with van der Waals surface area (Å²) in [5, 5.41) is 3.46. The third kappa shape index (κ3) is 4.12. The Labute approximate surface area is 161 Å². The van der Waals surface area contributed by atoms with Gasteiger partial charge in [-0.1, -0.05) is 18.2 Å². The molecule has 1 unspecified atom stereocenters. The highest BCUT2D eigenvalue weighted by Crippen LogP contribution is 2.34. The van der Waals surface area contributed by atoms with E-state index >= 15 is 0 Å². The molecular weight excluding hydrogens is 365 g/mol. The standard InChI is InChI=1S/C21H22FNO3S/c1-4-26-15-10-8-14(9-11-15)13(2)23-21(24)20-16(12-25-3)19-17(22)6-5-7-18(19)27-20/h5-11,13H,4,12H2,1-3H3,(H,23,24). The molecule has 3 rings (SSSR count). The van der Waals surface area contributed by atoms with Crippen molar-refractivity contribution >= 4 is 27.3 Å². The first-order valence-corrected chi connectivity index (χ1v) is 9.59. The van der Waals surface area contributed by atoms with Gasteiger partial charge in [-0.05, 0) is 43.7 Å². The zero-order valence-electron chi connectivity index (χ0n) is 15.5. The van der Waals surface area contributed by atoms with Gasteiger partial charge < -0.3 is 14.8 Å². The Hall–Kier alpha value is -2.44. The summed E-state index contributed by atoms with van der Waals surface area (Å²) in [6, 6.07) is 12.3. The molecule has 2 aromatic carbocycles. The maximum atomic E-state index is 14.3. The van der Waals surface area contributed by atoms with Crippen molar-refractivity contribution in [2.24, 2.45) is 0 Å². The molecule has 1 heterocycles. The number of amides is 1. The highest BCUT2D eigenvalue weighted by Gasteiger charge is 2.22. The first-order valence-electron chi connectivity index (χ1n) is 8.77. The van der Waals surface area contributed by atoms with E-state index in [1.807, 2.05) is 44.2 Å². The summed E-state index contributed by atoms with van der Waals surface area (Å²) in [5.41, 5.74) is 1.55. The Morgan fingerprint density at radius 2 is 1.96 bits per heavy atom.